The van der Waals surface area contributed by atoms with E-state index in [1.54, 1.807) is 4.90 Å². The Labute approximate surface area is 101 Å². The summed E-state index contributed by atoms with van der Waals surface area (Å²) in [5, 5.41) is 11.7. The van der Waals surface area contributed by atoms with Crippen molar-refractivity contribution in [1.82, 2.24) is 10.2 Å². The van der Waals surface area contributed by atoms with E-state index in [0.29, 0.717) is 18.5 Å². The predicted octanol–water partition coefficient (Wildman–Crippen LogP) is 1.29. The van der Waals surface area contributed by atoms with Gasteiger partial charge in [0.25, 0.3) is 0 Å². The number of hydrogen-bond donors (Lipinski definition) is 2. The number of carboxylic acids is 1. The first-order valence-corrected chi connectivity index (χ1v) is 6.16. The van der Waals surface area contributed by atoms with Crippen molar-refractivity contribution in [1.29, 1.82) is 0 Å². The molecule has 5 heteroatoms. The van der Waals surface area contributed by atoms with Crippen molar-refractivity contribution in [3.8, 4) is 0 Å². The molecule has 1 unspecified atom stereocenters. The quantitative estimate of drug-likeness (QED) is 0.764. The highest BCUT2D eigenvalue weighted by Crippen LogP contribution is 2.37. The lowest BCUT2D eigenvalue weighted by Gasteiger charge is -2.37. The molecule has 0 spiro atoms. The number of rotatable bonds is 2. The Balaban J connectivity index is 1.74. The van der Waals surface area contributed by atoms with Crippen molar-refractivity contribution in [2.45, 2.75) is 39.2 Å². The molecule has 2 aliphatic rings. The van der Waals surface area contributed by atoms with E-state index < -0.39 is 5.97 Å². The fourth-order valence-electron chi connectivity index (χ4n) is 2.63. The smallest absolute Gasteiger partial charge is 0.317 e. The number of carboxylic acid groups (broad SMARTS) is 1. The highest BCUT2D eigenvalue weighted by molar-refractivity contribution is 5.79. The van der Waals surface area contributed by atoms with Crippen LogP contribution in [-0.2, 0) is 4.79 Å². The topological polar surface area (TPSA) is 69.6 Å². The number of hydrogen-bond acceptors (Lipinski definition) is 2. The van der Waals surface area contributed by atoms with E-state index in [2.05, 4.69) is 19.2 Å². The lowest BCUT2D eigenvalue weighted by atomic mass is 9.92. The van der Waals surface area contributed by atoms with E-state index in [1.165, 1.54) is 0 Å². The Hall–Kier alpha value is -1.26. The van der Waals surface area contributed by atoms with Gasteiger partial charge in [0.05, 0.1) is 5.92 Å². The van der Waals surface area contributed by atoms with Gasteiger partial charge in [0.1, 0.15) is 0 Å². The number of carbonyl (C=O) groups is 2. The third kappa shape index (κ3) is 2.70. The van der Waals surface area contributed by atoms with Gasteiger partial charge in [-0.3, -0.25) is 4.79 Å². The minimum atomic E-state index is -0.809. The van der Waals surface area contributed by atoms with Crippen LogP contribution in [0.3, 0.4) is 0 Å². The summed E-state index contributed by atoms with van der Waals surface area (Å²) in [6.45, 7) is 5.11. The van der Waals surface area contributed by atoms with Crippen molar-refractivity contribution >= 4 is 12.0 Å². The molecule has 17 heavy (non-hydrogen) atoms. The molecule has 1 aliphatic carbocycles. The fourth-order valence-corrected chi connectivity index (χ4v) is 2.63. The Morgan fingerprint density at radius 3 is 2.47 bits per heavy atom. The largest absolute Gasteiger partial charge is 0.481 e. The van der Waals surface area contributed by atoms with E-state index in [9.17, 15) is 9.59 Å². The molecule has 2 N–H and O–H groups in total. The van der Waals surface area contributed by atoms with Crippen LogP contribution in [0.5, 0.6) is 0 Å². The van der Waals surface area contributed by atoms with Crippen molar-refractivity contribution in [3.05, 3.63) is 0 Å². The zero-order chi connectivity index (χ0) is 12.6. The summed E-state index contributed by atoms with van der Waals surface area (Å²) >= 11 is 0. The molecule has 1 heterocycles. The van der Waals surface area contributed by atoms with Crippen LogP contribution in [0.25, 0.3) is 0 Å². The second-order valence-corrected chi connectivity index (χ2v) is 5.99. The van der Waals surface area contributed by atoms with Gasteiger partial charge in [0, 0.05) is 19.1 Å². The van der Waals surface area contributed by atoms with Crippen LogP contribution in [-0.4, -0.2) is 41.1 Å². The summed E-state index contributed by atoms with van der Waals surface area (Å²) in [5.41, 5.74) is 0.316. The first-order chi connectivity index (χ1) is 7.87. The molecule has 96 valence electrons. The molecule has 0 aromatic carbocycles. The summed E-state index contributed by atoms with van der Waals surface area (Å²) < 4.78 is 0. The average Bonchev–Trinajstić information content (AvgIpc) is 2.41. The molecular formula is C12H20N2O3. The molecule has 5 nitrogen and oxygen atoms in total. The number of amides is 2. The highest BCUT2D eigenvalue weighted by atomic mass is 16.4. The Bertz CT molecular complexity index is 335. The fraction of sp³-hybridized carbons (Fsp3) is 0.833. The second kappa shape index (κ2) is 4.20. The van der Waals surface area contributed by atoms with Gasteiger partial charge < -0.3 is 15.3 Å². The van der Waals surface area contributed by atoms with Crippen LogP contribution in [0.15, 0.2) is 0 Å². The van der Waals surface area contributed by atoms with Crippen molar-refractivity contribution < 1.29 is 14.7 Å². The van der Waals surface area contributed by atoms with E-state index in [4.69, 9.17) is 5.11 Å². The first-order valence-electron chi connectivity index (χ1n) is 6.16. The zero-order valence-electron chi connectivity index (χ0n) is 10.4. The molecule has 2 rings (SSSR count). The van der Waals surface area contributed by atoms with Gasteiger partial charge in [-0.05, 0) is 24.7 Å². The maximum atomic E-state index is 11.8. The van der Waals surface area contributed by atoms with Crippen molar-refractivity contribution in [3.63, 3.8) is 0 Å². The third-order valence-electron chi connectivity index (χ3n) is 3.81. The molecule has 0 bridgehead atoms. The Morgan fingerprint density at radius 2 is 2.00 bits per heavy atom. The van der Waals surface area contributed by atoms with Gasteiger partial charge in [0.2, 0.25) is 0 Å². The van der Waals surface area contributed by atoms with E-state index >= 15 is 0 Å². The summed E-state index contributed by atoms with van der Waals surface area (Å²) in [5.74, 6) is -1.18. The molecule has 2 fully saturated rings. The minimum Gasteiger partial charge on any atom is -0.481 e. The lowest BCUT2D eigenvalue weighted by Crippen LogP contribution is -2.57. The molecule has 0 radical (unpaired) electrons. The molecule has 1 saturated heterocycles. The average molecular weight is 240 g/mol. The molecule has 0 aromatic heterocycles. The SMILES string of the molecule is CC1(C)CCC(NC(=O)N2CC(C(=O)O)C2)C1. The summed E-state index contributed by atoms with van der Waals surface area (Å²) in [6.07, 6.45) is 3.17. The van der Waals surface area contributed by atoms with Crippen LogP contribution in [0, 0.1) is 11.3 Å². The van der Waals surface area contributed by atoms with E-state index in [1.807, 2.05) is 0 Å². The zero-order valence-corrected chi connectivity index (χ0v) is 10.4. The number of aliphatic carboxylic acids is 1. The van der Waals surface area contributed by atoms with Crippen LogP contribution in [0.2, 0.25) is 0 Å². The summed E-state index contributed by atoms with van der Waals surface area (Å²) in [4.78, 5) is 24.0. The minimum absolute atomic E-state index is 0.106. The Kier molecular flexibility index (Phi) is 3.02. The third-order valence-corrected chi connectivity index (χ3v) is 3.81. The van der Waals surface area contributed by atoms with Gasteiger partial charge >= 0.3 is 12.0 Å². The number of nitrogens with zero attached hydrogens (tertiary/aromatic N) is 1. The van der Waals surface area contributed by atoms with E-state index in [-0.39, 0.29) is 18.0 Å². The number of carbonyl (C=O) groups excluding carboxylic acids is 1. The van der Waals surface area contributed by atoms with Gasteiger partial charge in [0.15, 0.2) is 0 Å². The maximum absolute atomic E-state index is 11.8. The maximum Gasteiger partial charge on any atom is 0.317 e. The van der Waals surface area contributed by atoms with Gasteiger partial charge in [-0.25, -0.2) is 4.79 Å². The predicted molar refractivity (Wildman–Crippen MR) is 62.7 cm³/mol. The molecule has 0 aromatic rings. The van der Waals surface area contributed by atoms with Crippen LogP contribution in [0.4, 0.5) is 4.79 Å². The molecular weight excluding hydrogens is 220 g/mol. The second-order valence-electron chi connectivity index (χ2n) is 5.99. The molecule has 1 saturated carbocycles. The number of urea groups is 1. The lowest BCUT2D eigenvalue weighted by molar-refractivity contribution is -0.146. The standard InChI is InChI=1S/C12H20N2O3/c1-12(2)4-3-9(5-12)13-11(17)14-6-8(7-14)10(15)16/h8-9H,3-7H2,1-2H3,(H,13,17)(H,15,16). The number of likely N-dealkylation sites (tertiary alicyclic amines) is 1. The van der Waals surface area contributed by atoms with Crippen molar-refractivity contribution in [2.75, 3.05) is 13.1 Å². The summed E-state index contributed by atoms with van der Waals surface area (Å²) in [6, 6.07) is 0.145. The molecule has 2 amide bonds. The van der Waals surface area contributed by atoms with Gasteiger partial charge in [-0.1, -0.05) is 13.8 Å². The van der Waals surface area contributed by atoms with Crippen LogP contribution in [0.1, 0.15) is 33.1 Å². The van der Waals surface area contributed by atoms with Gasteiger partial charge in [-0.15, -0.1) is 0 Å². The van der Waals surface area contributed by atoms with Gasteiger partial charge in [-0.2, -0.15) is 0 Å². The Morgan fingerprint density at radius 1 is 1.35 bits per heavy atom. The van der Waals surface area contributed by atoms with Crippen molar-refractivity contribution in [2.24, 2.45) is 11.3 Å². The number of nitrogens with one attached hydrogen (secondary N) is 1. The molecule has 1 atom stereocenters. The monoisotopic (exact) mass is 240 g/mol. The van der Waals surface area contributed by atoms with Crippen LogP contribution >= 0.6 is 0 Å². The summed E-state index contributed by atoms with van der Waals surface area (Å²) in [7, 11) is 0. The van der Waals surface area contributed by atoms with Crippen LogP contribution < -0.4 is 5.32 Å². The molecule has 1 aliphatic heterocycles. The highest BCUT2D eigenvalue weighted by Gasteiger charge is 2.38. The van der Waals surface area contributed by atoms with E-state index in [0.717, 1.165) is 19.3 Å². The first kappa shape index (κ1) is 12.2. The normalized spacial score (nSPS) is 27.6.